The first kappa shape index (κ1) is 13.6. The Balaban J connectivity index is 2.33. The van der Waals surface area contributed by atoms with E-state index in [0.717, 1.165) is 0 Å². The van der Waals surface area contributed by atoms with Crippen LogP contribution in [-0.2, 0) is 0 Å². The molecule has 0 N–H and O–H groups in total. The normalized spacial score (nSPS) is 11.4. The third kappa shape index (κ3) is 2.96. The molecule has 0 aliphatic rings. The van der Waals surface area contributed by atoms with Crippen LogP contribution >= 0.6 is 17.8 Å². The van der Waals surface area contributed by atoms with Crippen molar-refractivity contribution in [2.75, 3.05) is 12.3 Å². The molecular formula is C16H20PS+. The first-order valence-electron chi connectivity index (χ1n) is 6.48. The summed E-state index contributed by atoms with van der Waals surface area (Å²) in [5.41, 5.74) is 0. The average Bonchev–Trinajstić information content (AvgIpc) is 2.47. The Labute approximate surface area is 115 Å². The van der Waals surface area contributed by atoms with Crippen LogP contribution in [0.4, 0.5) is 0 Å². The van der Waals surface area contributed by atoms with Gasteiger partial charge in [-0.25, -0.2) is 0 Å². The van der Waals surface area contributed by atoms with E-state index < -0.39 is 6.46 Å². The maximum Gasteiger partial charge on any atom is 0.111 e. The highest BCUT2D eigenvalue weighted by Crippen LogP contribution is 2.70. The minimum absolute atomic E-state index is 1.12. The predicted octanol–water partition coefficient (Wildman–Crippen LogP) is 5.08. The third-order valence-corrected chi connectivity index (χ3v) is 11.2. The molecule has 0 aromatic heterocycles. The molecule has 0 atom stereocenters. The van der Waals surface area contributed by atoms with Gasteiger partial charge in [-0.1, -0.05) is 36.4 Å². The Morgan fingerprint density at radius 3 is 1.78 bits per heavy atom. The summed E-state index contributed by atoms with van der Waals surface area (Å²) < 4.78 is 0. The highest BCUT2D eigenvalue weighted by atomic mass is 32.7. The molecule has 0 heterocycles. The predicted molar refractivity (Wildman–Crippen MR) is 86.4 cm³/mol. The monoisotopic (exact) mass is 275 g/mol. The molecule has 0 fully saturated rings. The summed E-state index contributed by atoms with van der Waals surface area (Å²) in [7, 11) is 0. The van der Waals surface area contributed by atoms with E-state index in [2.05, 4.69) is 85.9 Å². The zero-order chi connectivity index (χ0) is 12.8. The number of hydrogen-bond donors (Lipinski definition) is 0. The van der Waals surface area contributed by atoms with Crippen molar-refractivity contribution >= 4 is 23.2 Å². The molecule has 0 spiro atoms. The van der Waals surface area contributed by atoms with E-state index in [1.165, 1.54) is 17.2 Å². The molecule has 0 bridgehead atoms. The fourth-order valence-corrected chi connectivity index (χ4v) is 8.12. The summed E-state index contributed by atoms with van der Waals surface area (Å²) in [6, 6.07) is 21.9. The van der Waals surface area contributed by atoms with Gasteiger partial charge in [0.1, 0.15) is 11.8 Å². The van der Waals surface area contributed by atoms with Crippen LogP contribution in [0.5, 0.6) is 0 Å². The smallest absolute Gasteiger partial charge is 0.0622 e. The quantitative estimate of drug-likeness (QED) is 0.686. The highest BCUT2D eigenvalue weighted by Gasteiger charge is 2.38. The van der Waals surface area contributed by atoms with Gasteiger partial charge in [0.25, 0.3) is 0 Å². The largest absolute Gasteiger partial charge is 0.111 e. The second-order valence-corrected chi connectivity index (χ2v) is 11.1. The van der Waals surface area contributed by atoms with Crippen molar-refractivity contribution < 1.29 is 0 Å². The molecule has 0 aliphatic heterocycles. The van der Waals surface area contributed by atoms with Crippen LogP contribution in [0.2, 0.25) is 0 Å². The van der Waals surface area contributed by atoms with E-state index in [4.69, 9.17) is 0 Å². The van der Waals surface area contributed by atoms with Gasteiger partial charge >= 0.3 is 0 Å². The summed E-state index contributed by atoms with van der Waals surface area (Å²) in [6.45, 7) is 3.55. The molecule has 0 nitrogen and oxygen atoms in total. The molecule has 0 amide bonds. The number of rotatable bonds is 5. The molecule has 18 heavy (non-hydrogen) atoms. The van der Waals surface area contributed by atoms with E-state index in [9.17, 15) is 0 Å². The highest BCUT2D eigenvalue weighted by molar-refractivity contribution is 8.64. The molecule has 2 rings (SSSR count). The Kier molecular flexibility index (Phi) is 4.86. The lowest BCUT2D eigenvalue weighted by Crippen LogP contribution is -2.12. The minimum atomic E-state index is -1.12. The molecule has 0 aliphatic carbocycles. The fourth-order valence-electron chi connectivity index (χ4n) is 2.15. The van der Waals surface area contributed by atoms with Crippen LogP contribution in [0.3, 0.4) is 0 Å². The van der Waals surface area contributed by atoms with E-state index in [1.807, 2.05) is 0 Å². The average molecular weight is 275 g/mol. The second kappa shape index (κ2) is 6.41. The molecule has 0 unspecified atom stereocenters. The van der Waals surface area contributed by atoms with Gasteiger partial charge in [-0.05, 0) is 38.1 Å². The molecule has 2 aromatic rings. The minimum Gasteiger partial charge on any atom is -0.0622 e. The van der Waals surface area contributed by atoms with Gasteiger partial charge in [0.05, 0.1) is 23.7 Å². The fraction of sp³-hybridized carbons (Fsp3) is 0.250. The van der Waals surface area contributed by atoms with E-state index in [0.29, 0.717) is 0 Å². The van der Waals surface area contributed by atoms with Gasteiger partial charge in [0, 0.05) is 4.90 Å². The lowest BCUT2D eigenvalue weighted by atomic mass is 10.4. The second-order valence-electron chi connectivity index (χ2n) is 4.26. The topological polar surface area (TPSA) is 0 Å². The maximum atomic E-state index is 2.33. The number of hydrogen-bond acceptors (Lipinski definition) is 1. The van der Waals surface area contributed by atoms with Crippen LogP contribution in [0.25, 0.3) is 0 Å². The standard InChI is InChI=1S/C16H20PS/c1-3-17(4-2,15-11-7-5-8-12-15)18-16-13-9-6-10-14-16/h5-14H,3-4H2,1-2H3/q+1. The zero-order valence-electron chi connectivity index (χ0n) is 11.0. The van der Waals surface area contributed by atoms with Gasteiger partial charge in [-0.2, -0.15) is 0 Å². The molecule has 0 saturated heterocycles. The molecular weight excluding hydrogens is 255 g/mol. The van der Waals surface area contributed by atoms with Crippen molar-refractivity contribution in [2.45, 2.75) is 18.7 Å². The van der Waals surface area contributed by atoms with E-state index >= 15 is 0 Å². The van der Waals surface area contributed by atoms with Crippen LogP contribution in [0, 0.1) is 0 Å². The van der Waals surface area contributed by atoms with Crippen molar-refractivity contribution in [1.82, 2.24) is 0 Å². The lowest BCUT2D eigenvalue weighted by Gasteiger charge is -2.22. The van der Waals surface area contributed by atoms with Crippen LogP contribution in [-0.4, -0.2) is 12.3 Å². The van der Waals surface area contributed by atoms with Crippen LogP contribution in [0.1, 0.15) is 13.8 Å². The molecule has 2 heteroatoms. The van der Waals surface area contributed by atoms with Crippen molar-refractivity contribution in [3.63, 3.8) is 0 Å². The van der Waals surface area contributed by atoms with E-state index in [-0.39, 0.29) is 0 Å². The summed E-state index contributed by atoms with van der Waals surface area (Å²) in [4.78, 5) is 1.40. The van der Waals surface area contributed by atoms with Crippen LogP contribution < -0.4 is 5.30 Å². The summed E-state index contributed by atoms with van der Waals surface area (Å²) >= 11 is 2.10. The zero-order valence-corrected chi connectivity index (χ0v) is 12.8. The van der Waals surface area contributed by atoms with E-state index in [1.54, 1.807) is 5.30 Å². The van der Waals surface area contributed by atoms with Crippen LogP contribution in [0.15, 0.2) is 65.6 Å². The number of benzene rings is 2. The maximum absolute atomic E-state index is 2.33. The summed E-state index contributed by atoms with van der Waals surface area (Å²) in [5.74, 6) is 0. The Hall–Kier alpha value is -0.780. The molecule has 0 saturated carbocycles. The molecule has 94 valence electrons. The summed E-state index contributed by atoms with van der Waals surface area (Å²) in [5, 5.41) is 1.55. The van der Waals surface area contributed by atoms with Gasteiger partial charge in [-0.15, -0.1) is 0 Å². The molecule has 2 aromatic carbocycles. The lowest BCUT2D eigenvalue weighted by molar-refractivity contribution is 1.41. The van der Waals surface area contributed by atoms with Gasteiger partial charge in [0.2, 0.25) is 0 Å². The first-order chi connectivity index (χ1) is 8.80. The first-order valence-corrected chi connectivity index (χ1v) is 10.1. The third-order valence-electron chi connectivity index (χ3n) is 3.27. The van der Waals surface area contributed by atoms with Gasteiger partial charge < -0.3 is 0 Å². The Morgan fingerprint density at radius 2 is 1.28 bits per heavy atom. The Bertz CT molecular complexity index is 463. The van der Waals surface area contributed by atoms with Crippen molar-refractivity contribution in [2.24, 2.45) is 0 Å². The SMILES string of the molecule is CC[P+](CC)(Sc1ccccc1)c1ccccc1. The summed E-state index contributed by atoms with van der Waals surface area (Å²) in [6.07, 6.45) is 2.51. The van der Waals surface area contributed by atoms with Gasteiger partial charge in [0.15, 0.2) is 0 Å². The molecule has 0 radical (unpaired) electrons. The van der Waals surface area contributed by atoms with Crippen molar-refractivity contribution in [1.29, 1.82) is 0 Å². The van der Waals surface area contributed by atoms with Gasteiger partial charge in [-0.3, -0.25) is 0 Å². The van der Waals surface area contributed by atoms with Crippen molar-refractivity contribution in [3.8, 4) is 0 Å². The van der Waals surface area contributed by atoms with Crippen molar-refractivity contribution in [3.05, 3.63) is 60.7 Å². The Morgan fingerprint density at radius 1 is 0.778 bits per heavy atom.